The van der Waals surface area contributed by atoms with Crippen LogP contribution in [0.5, 0.6) is 0 Å². The minimum absolute atomic E-state index is 0.516. The fraction of sp³-hybridized carbons (Fsp3) is 1.00. The lowest BCUT2D eigenvalue weighted by molar-refractivity contribution is 0.0320. The van der Waals surface area contributed by atoms with Crippen LogP contribution < -0.4 is 0 Å². The highest BCUT2D eigenvalue weighted by molar-refractivity contribution is 6.13. The number of hydrogen-bond donors (Lipinski definition) is 1. The molecule has 0 aliphatic heterocycles. The van der Waals surface area contributed by atoms with E-state index in [1.54, 1.807) is 0 Å². The molecule has 0 atom stereocenters. The fourth-order valence-electron chi connectivity index (χ4n) is 0.845. The van der Waals surface area contributed by atoms with Gasteiger partial charge in [0.1, 0.15) is 5.72 Å². The summed E-state index contributed by atoms with van der Waals surface area (Å²) in [4.78, 5) is 0. The summed E-state index contributed by atoms with van der Waals surface area (Å²) in [7, 11) is 0. The molecule has 0 aromatic heterocycles. The normalized spacial score (nSPS) is 22.2. The summed E-state index contributed by atoms with van der Waals surface area (Å²) < 4.78 is 1.53. The van der Waals surface area contributed by atoms with E-state index in [-0.39, 0.29) is 0 Å². The number of hydrogen-bond acceptors (Lipinski definition) is 2. The summed E-state index contributed by atoms with van der Waals surface area (Å²) in [6, 6.07) is 0. The number of aliphatic hydroxyl groups is 1. The highest BCUT2D eigenvalue weighted by Gasteiger charge is 2.45. The van der Waals surface area contributed by atoms with E-state index in [0.717, 1.165) is 19.4 Å². The topological polar surface area (TPSA) is 23.5 Å². The molecule has 0 amide bonds. The van der Waals surface area contributed by atoms with Crippen molar-refractivity contribution in [3.8, 4) is 0 Å². The second-order valence-electron chi connectivity index (χ2n) is 3.42. The van der Waals surface area contributed by atoms with E-state index >= 15 is 0 Å². The summed E-state index contributed by atoms with van der Waals surface area (Å²) in [5.74, 6) is 0.516. The van der Waals surface area contributed by atoms with Gasteiger partial charge >= 0.3 is 0 Å². The van der Waals surface area contributed by atoms with Gasteiger partial charge in [0.25, 0.3) is 0 Å². The molecule has 0 unspecified atom stereocenters. The third-order valence-corrected chi connectivity index (χ3v) is 2.13. The second-order valence-corrected chi connectivity index (χ2v) is 3.83. The standard InChI is InChI=1S/C7H14ClNO/c1-6(2)5-9(8)7(10)3-4-7/h6,10H,3-5H2,1-2H3. The van der Waals surface area contributed by atoms with Gasteiger partial charge in [-0.15, -0.1) is 0 Å². The zero-order valence-corrected chi connectivity index (χ0v) is 7.23. The Kier molecular flexibility index (Phi) is 2.23. The first-order chi connectivity index (χ1) is 4.54. The monoisotopic (exact) mass is 163 g/mol. The van der Waals surface area contributed by atoms with Crippen molar-refractivity contribution in [1.29, 1.82) is 0 Å². The SMILES string of the molecule is CC(C)CN(Cl)C1(O)CC1. The van der Waals surface area contributed by atoms with Crippen molar-refractivity contribution in [2.75, 3.05) is 6.54 Å². The van der Waals surface area contributed by atoms with E-state index in [1.807, 2.05) is 0 Å². The summed E-state index contributed by atoms with van der Waals surface area (Å²) in [6.07, 6.45) is 1.65. The van der Waals surface area contributed by atoms with Crippen LogP contribution in [0.25, 0.3) is 0 Å². The Morgan fingerprint density at radius 2 is 2.10 bits per heavy atom. The Labute approximate surface area is 66.9 Å². The third kappa shape index (κ3) is 1.84. The maximum atomic E-state index is 9.44. The Hall–Kier alpha value is 0.210. The van der Waals surface area contributed by atoms with Crippen LogP contribution in [-0.2, 0) is 0 Å². The van der Waals surface area contributed by atoms with Gasteiger partial charge in [0.05, 0.1) is 0 Å². The van der Waals surface area contributed by atoms with Crippen molar-refractivity contribution in [2.45, 2.75) is 32.4 Å². The minimum Gasteiger partial charge on any atom is -0.374 e. The molecule has 0 heterocycles. The molecule has 1 saturated carbocycles. The number of rotatable bonds is 3. The van der Waals surface area contributed by atoms with Gasteiger partial charge in [-0.2, -0.15) is 4.42 Å². The van der Waals surface area contributed by atoms with Crippen molar-refractivity contribution in [3.05, 3.63) is 0 Å². The zero-order valence-electron chi connectivity index (χ0n) is 6.47. The van der Waals surface area contributed by atoms with Gasteiger partial charge < -0.3 is 5.11 Å². The van der Waals surface area contributed by atoms with Gasteiger partial charge in [0.2, 0.25) is 0 Å². The van der Waals surface area contributed by atoms with Gasteiger partial charge in [0.15, 0.2) is 0 Å². The van der Waals surface area contributed by atoms with Crippen LogP contribution >= 0.6 is 11.8 Å². The number of halogens is 1. The predicted octanol–water partition coefficient (Wildman–Crippen LogP) is 1.58. The summed E-state index contributed by atoms with van der Waals surface area (Å²) in [5, 5.41) is 9.44. The van der Waals surface area contributed by atoms with Crippen LogP contribution in [0.3, 0.4) is 0 Å². The van der Waals surface area contributed by atoms with Crippen LogP contribution in [0.1, 0.15) is 26.7 Å². The van der Waals surface area contributed by atoms with Crippen molar-refractivity contribution < 1.29 is 5.11 Å². The molecular formula is C7H14ClNO. The first-order valence-electron chi connectivity index (χ1n) is 3.70. The van der Waals surface area contributed by atoms with Crippen molar-refractivity contribution in [2.24, 2.45) is 5.92 Å². The highest BCUT2D eigenvalue weighted by atomic mass is 35.5. The first-order valence-corrected chi connectivity index (χ1v) is 4.04. The van der Waals surface area contributed by atoms with E-state index < -0.39 is 5.72 Å². The van der Waals surface area contributed by atoms with Crippen molar-refractivity contribution in [3.63, 3.8) is 0 Å². The van der Waals surface area contributed by atoms with Crippen LogP contribution in [0, 0.1) is 5.92 Å². The average Bonchev–Trinajstić information content (AvgIpc) is 2.47. The van der Waals surface area contributed by atoms with E-state index in [2.05, 4.69) is 13.8 Å². The van der Waals surface area contributed by atoms with Gasteiger partial charge in [0, 0.05) is 6.54 Å². The molecule has 0 aromatic rings. The van der Waals surface area contributed by atoms with E-state index in [9.17, 15) is 5.11 Å². The third-order valence-electron chi connectivity index (χ3n) is 1.67. The highest BCUT2D eigenvalue weighted by Crippen LogP contribution is 2.40. The molecule has 1 aliphatic rings. The molecule has 10 heavy (non-hydrogen) atoms. The first kappa shape index (κ1) is 8.31. The molecule has 1 rings (SSSR count). The summed E-state index contributed by atoms with van der Waals surface area (Å²) in [5.41, 5.74) is -0.661. The van der Waals surface area contributed by atoms with Crippen LogP contribution in [0.15, 0.2) is 0 Å². The largest absolute Gasteiger partial charge is 0.374 e. The predicted molar refractivity (Wildman–Crippen MR) is 41.6 cm³/mol. The van der Waals surface area contributed by atoms with Gasteiger partial charge in [-0.3, -0.25) is 0 Å². The lowest BCUT2D eigenvalue weighted by Gasteiger charge is -2.21. The molecule has 0 bridgehead atoms. The molecule has 0 aromatic carbocycles. The molecule has 2 nitrogen and oxygen atoms in total. The van der Waals surface area contributed by atoms with E-state index in [0.29, 0.717) is 5.92 Å². The molecule has 1 fully saturated rings. The molecular weight excluding hydrogens is 150 g/mol. The van der Waals surface area contributed by atoms with Crippen LogP contribution in [-0.4, -0.2) is 21.8 Å². The lowest BCUT2D eigenvalue weighted by atomic mass is 10.2. The molecule has 1 aliphatic carbocycles. The Balaban J connectivity index is 2.28. The fourth-order valence-corrected chi connectivity index (χ4v) is 1.29. The van der Waals surface area contributed by atoms with E-state index in [1.165, 1.54) is 4.42 Å². The Morgan fingerprint density at radius 3 is 2.40 bits per heavy atom. The second kappa shape index (κ2) is 2.68. The molecule has 60 valence electrons. The molecule has 3 heteroatoms. The maximum Gasteiger partial charge on any atom is 0.132 e. The van der Waals surface area contributed by atoms with Crippen molar-refractivity contribution in [1.82, 2.24) is 4.42 Å². The average molecular weight is 164 g/mol. The smallest absolute Gasteiger partial charge is 0.132 e. The molecule has 0 saturated heterocycles. The van der Waals surface area contributed by atoms with Crippen molar-refractivity contribution >= 4 is 11.8 Å². The Bertz CT molecular complexity index is 123. The summed E-state index contributed by atoms with van der Waals surface area (Å²) in [6.45, 7) is 4.93. The number of nitrogens with zero attached hydrogens (tertiary/aromatic N) is 1. The van der Waals surface area contributed by atoms with E-state index in [4.69, 9.17) is 11.8 Å². The maximum absolute atomic E-state index is 9.44. The van der Waals surface area contributed by atoms with Crippen LogP contribution in [0.4, 0.5) is 0 Å². The molecule has 0 radical (unpaired) electrons. The van der Waals surface area contributed by atoms with Crippen LogP contribution in [0.2, 0.25) is 0 Å². The molecule has 0 spiro atoms. The quantitative estimate of drug-likeness (QED) is 0.505. The molecule has 1 N–H and O–H groups in total. The zero-order chi connectivity index (χ0) is 7.78. The van der Waals surface area contributed by atoms with Gasteiger partial charge in [-0.1, -0.05) is 13.8 Å². The minimum atomic E-state index is -0.661. The Morgan fingerprint density at radius 1 is 1.60 bits per heavy atom. The van der Waals surface area contributed by atoms with Gasteiger partial charge in [-0.25, -0.2) is 0 Å². The van der Waals surface area contributed by atoms with Gasteiger partial charge in [-0.05, 0) is 30.5 Å². The lowest BCUT2D eigenvalue weighted by Crippen LogP contribution is -2.31. The summed E-state index contributed by atoms with van der Waals surface area (Å²) >= 11 is 5.80.